The van der Waals surface area contributed by atoms with E-state index in [4.69, 9.17) is 16.3 Å². The van der Waals surface area contributed by atoms with Gasteiger partial charge in [-0.1, -0.05) is 11.6 Å². The van der Waals surface area contributed by atoms with Crippen LogP contribution in [0.25, 0.3) is 0 Å². The van der Waals surface area contributed by atoms with E-state index in [9.17, 15) is 14.9 Å². The molecule has 1 atom stereocenters. The zero-order valence-electron chi connectivity index (χ0n) is 11.5. The molecule has 0 saturated carbocycles. The summed E-state index contributed by atoms with van der Waals surface area (Å²) >= 11 is 5.92. The standard InChI is InChI=1S/C14H17ClN2O4/c15-13-5-4-10(17(19)20)9-12(13)14(18)16-7-6-11-3-1-2-8-21-11/h4-5,9,11H,1-3,6-8H2,(H,16,18). The number of hydrogen-bond donors (Lipinski definition) is 1. The highest BCUT2D eigenvalue weighted by Gasteiger charge is 2.17. The van der Waals surface area contributed by atoms with Gasteiger partial charge in [0.25, 0.3) is 11.6 Å². The van der Waals surface area contributed by atoms with E-state index in [0.717, 1.165) is 32.3 Å². The lowest BCUT2D eigenvalue weighted by Gasteiger charge is -2.22. The first-order valence-electron chi connectivity index (χ1n) is 6.91. The maximum Gasteiger partial charge on any atom is 0.270 e. The Hall–Kier alpha value is -1.66. The van der Waals surface area contributed by atoms with Crippen LogP contribution < -0.4 is 5.32 Å². The molecule has 1 aromatic carbocycles. The van der Waals surface area contributed by atoms with Gasteiger partial charge in [-0.25, -0.2) is 0 Å². The van der Waals surface area contributed by atoms with Gasteiger partial charge in [-0.2, -0.15) is 0 Å². The van der Waals surface area contributed by atoms with E-state index in [2.05, 4.69) is 5.32 Å². The first-order chi connectivity index (χ1) is 10.1. The molecule has 1 heterocycles. The summed E-state index contributed by atoms with van der Waals surface area (Å²) in [5, 5.41) is 13.7. The molecule has 1 N–H and O–H groups in total. The maximum atomic E-state index is 12.0. The van der Waals surface area contributed by atoms with Crippen LogP contribution in [0.2, 0.25) is 5.02 Å². The fourth-order valence-electron chi connectivity index (χ4n) is 2.28. The summed E-state index contributed by atoms with van der Waals surface area (Å²) in [5.41, 5.74) is -0.0319. The quantitative estimate of drug-likeness (QED) is 0.669. The summed E-state index contributed by atoms with van der Waals surface area (Å²) in [6, 6.07) is 3.82. The van der Waals surface area contributed by atoms with E-state index in [0.29, 0.717) is 6.54 Å². The van der Waals surface area contributed by atoms with Crippen molar-refractivity contribution in [2.75, 3.05) is 13.2 Å². The average molecular weight is 313 g/mol. The molecular formula is C14H17ClN2O4. The third-order valence-corrected chi connectivity index (χ3v) is 3.76. The fraction of sp³-hybridized carbons (Fsp3) is 0.500. The third kappa shape index (κ3) is 4.41. The predicted octanol–water partition coefficient (Wildman–Crippen LogP) is 2.94. The van der Waals surface area contributed by atoms with E-state index in [1.54, 1.807) is 0 Å². The number of nitrogens with zero attached hydrogens (tertiary/aromatic N) is 1. The second-order valence-electron chi connectivity index (χ2n) is 4.95. The smallest absolute Gasteiger partial charge is 0.270 e. The van der Waals surface area contributed by atoms with Crippen molar-refractivity contribution < 1.29 is 14.5 Å². The molecule has 0 aromatic heterocycles. The molecule has 21 heavy (non-hydrogen) atoms. The molecular weight excluding hydrogens is 296 g/mol. The number of carbonyl (C=O) groups excluding carboxylic acids is 1. The minimum absolute atomic E-state index is 0.121. The Bertz CT molecular complexity index is 530. The largest absolute Gasteiger partial charge is 0.378 e. The third-order valence-electron chi connectivity index (χ3n) is 3.43. The highest BCUT2D eigenvalue weighted by Crippen LogP contribution is 2.22. The molecule has 6 nitrogen and oxygen atoms in total. The monoisotopic (exact) mass is 312 g/mol. The van der Waals surface area contributed by atoms with Crippen molar-refractivity contribution >= 4 is 23.2 Å². The number of benzene rings is 1. The Morgan fingerprint density at radius 3 is 2.95 bits per heavy atom. The second-order valence-corrected chi connectivity index (χ2v) is 5.36. The van der Waals surface area contributed by atoms with Gasteiger partial charge < -0.3 is 10.1 Å². The zero-order chi connectivity index (χ0) is 15.2. The van der Waals surface area contributed by atoms with Gasteiger partial charge in [-0.05, 0) is 31.7 Å². The topological polar surface area (TPSA) is 81.5 Å². The van der Waals surface area contributed by atoms with E-state index in [-0.39, 0.29) is 22.4 Å². The zero-order valence-corrected chi connectivity index (χ0v) is 12.3. The van der Waals surface area contributed by atoms with E-state index >= 15 is 0 Å². The van der Waals surface area contributed by atoms with Crippen molar-refractivity contribution in [2.24, 2.45) is 0 Å². The normalized spacial score (nSPS) is 18.2. The van der Waals surface area contributed by atoms with Gasteiger partial charge in [0, 0.05) is 25.3 Å². The molecule has 7 heteroatoms. The highest BCUT2D eigenvalue weighted by atomic mass is 35.5. The van der Waals surface area contributed by atoms with Crippen molar-refractivity contribution in [1.82, 2.24) is 5.32 Å². The molecule has 1 fully saturated rings. The number of nitro benzene ring substituents is 1. The average Bonchev–Trinajstić information content (AvgIpc) is 2.48. The number of carbonyl (C=O) groups is 1. The Balaban J connectivity index is 1.90. The lowest BCUT2D eigenvalue weighted by molar-refractivity contribution is -0.384. The Morgan fingerprint density at radius 2 is 2.29 bits per heavy atom. The van der Waals surface area contributed by atoms with Crippen LogP contribution in [0.1, 0.15) is 36.0 Å². The molecule has 0 spiro atoms. The molecule has 0 aliphatic carbocycles. The van der Waals surface area contributed by atoms with Gasteiger partial charge in [-0.15, -0.1) is 0 Å². The van der Waals surface area contributed by atoms with Crippen molar-refractivity contribution in [1.29, 1.82) is 0 Å². The number of amides is 1. The molecule has 1 aliphatic rings. The van der Waals surface area contributed by atoms with Gasteiger partial charge in [0.05, 0.1) is 21.6 Å². The summed E-state index contributed by atoms with van der Waals surface area (Å²) in [4.78, 5) is 22.2. The van der Waals surface area contributed by atoms with Crippen LogP contribution >= 0.6 is 11.6 Å². The number of hydrogen-bond acceptors (Lipinski definition) is 4. The SMILES string of the molecule is O=C(NCCC1CCCCO1)c1cc([N+](=O)[O-])ccc1Cl. The van der Waals surface area contributed by atoms with Crippen molar-refractivity contribution in [3.8, 4) is 0 Å². The predicted molar refractivity (Wildman–Crippen MR) is 78.6 cm³/mol. The van der Waals surface area contributed by atoms with Crippen LogP contribution in [0.15, 0.2) is 18.2 Å². The first-order valence-corrected chi connectivity index (χ1v) is 7.29. The summed E-state index contributed by atoms with van der Waals surface area (Å²) < 4.78 is 5.57. The summed E-state index contributed by atoms with van der Waals surface area (Å²) in [5.74, 6) is -0.403. The van der Waals surface area contributed by atoms with Crippen LogP contribution in [0.5, 0.6) is 0 Å². The number of rotatable bonds is 5. The molecule has 1 saturated heterocycles. The van der Waals surface area contributed by atoms with E-state index in [1.807, 2.05) is 0 Å². The van der Waals surface area contributed by atoms with Crippen LogP contribution in [0.3, 0.4) is 0 Å². The Kier molecular flexibility index (Phi) is 5.52. The number of non-ortho nitro benzene ring substituents is 1. The van der Waals surface area contributed by atoms with E-state index in [1.165, 1.54) is 18.2 Å². The first kappa shape index (κ1) is 15.7. The Morgan fingerprint density at radius 1 is 1.48 bits per heavy atom. The summed E-state index contributed by atoms with van der Waals surface area (Å²) in [7, 11) is 0. The molecule has 0 bridgehead atoms. The molecule has 2 rings (SSSR count). The minimum atomic E-state index is -0.553. The number of nitrogens with one attached hydrogen (secondary N) is 1. The highest BCUT2D eigenvalue weighted by molar-refractivity contribution is 6.33. The molecule has 1 aromatic rings. The molecule has 1 amide bonds. The number of ether oxygens (including phenoxy) is 1. The van der Waals surface area contributed by atoms with Gasteiger partial charge in [0.1, 0.15) is 0 Å². The minimum Gasteiger partial charge on any atom is -0.378 e. The number of nitro groups is 1. The Labute approximate surface area is 127 Å². The van der Waals surface area contributed by atoms with Gasteiger partial charge in [0.15, 0.2) is 0 Å². The van der Waals surface area contributed by atoms with Crippen LogP contribution in [0.4, 0.5) is 5.69 Å². The molecule has 1 unspecified atom stereocenters. The van der Waals surface area contributed by atoms with Gasteiger partial charge in [-0.3, -0.25) is 14.9 Å². The lowest BCUT2D eigenvalue weighted by Crippen LogP contribution is -2.29. The molecule has 114 valence electrons. The fourth-order valence-corrected chi connectivity index (χ4v) is 2.48. The van der Waals surface area contributed by atoms with Crippen LogP contribution in [0, 0.1) is 10.1 Å². The molecule has 1 aliphatic heterocycles. The maximum absolute atomic E-state index is 12.0. The van der Waals surface area contributed by atoms with E-state index < -0.39 is 10.8 Å². The van der Waals surface area contributed by atoms with Crippen molar-refractivity contribution in [2.45, 2.75) is 31.8 Å². The molecule has 0 radical (unpaired) electrons. The number of halogens is 1. The van der Waals surface area contributed by atoms with Crippen LogP contribution in [-0.2, 0) is 4.74 Å². The van der Waals surface area contributed by atoms with Gasteiger partial charge in [0.2, 0.25) is 0 Å². The summed E-state index contributed by atoms with van der Waals surface area (Å²) in [6.45, 7) is 1.23. The van der Waals surface area contributed by atoms with Crippen LogP contribution in [-0.4, -0.2) is 30.1 Å². The van der Waals surface area contributed by atoms with Crippen molar-refractivity contribution in [3.05, 3.63) is 38.9 Å². The summed E-state index contributed by atoms with van der Waals surface area (Å²) in [6.07, 6.45) is 4.16. The van der Waals surface area contributed by atoms with Crippen molar-refractivity contribution in [3.63, 3.8) is 0 Å². The lowest BCUT2D eigenvalue weighted by atomic mass is 10.1. The second kappa shape index (κ2) is 7.38. The van der Waals surface area contributed by atoms with Gasteiger partial charge >= 0.3 is 0 Å².